The minimum atomic E-state index is 0.296. The first-order valence-electron chi connectivity index (χ1n) is 6.06. The van der Waals surface area contributed by atoms with E-state index in [2.05, 4.69) is 22.9 Å². The number of hydrogen-bond donors (Lipinski definition) is 2. The van der Waals surface area contributed by atoms with Crippen molar-refractivity contribution in [3.05, 3.63) is 28.3 Å². The molecule has 0 aliphatic heterocycles. The molecule has 2 rings (SSSR count). The van der Waals surface area contributed by atoms with E-state index < -0.39 is 0 Å². The number of halogens is 1. The Morgan fingerprint density at radius 1 is 1.35 bits per heavy atom. The molecule has 0 atom stereocenters. The molecule has 3 nitrogen and oxygen atoms in total. The normalized spacial score (nSPS) is 15.9. The van der Waals surface area contributed by atoms with Gasteiger partial charge in [0.15, 0.2) is 0 Å². The molecule has 0 bridgehead atoms. The second-order valence-electron chi connectivity index (χ2n) is 4.51. The zero-order chi connectivity index (χ0) is 12.7. The molecule has 1 heterocycles. The monoisotopic (exact) mass is 297 g/mol. The van der Waals surface area contributed by atoms with Crippen LogP contribution in [0, 0.1) is 16.7 Å². The van der Waals surface area contributed by atoms with Gasteiger partial charge in [-0.25, -0.2) is 0 Å². The maximum atomic E-state index is 7.29. The van der Waals surface area contributed by atoms with Gasteiger partial charge in [-0.2, -0.15) is 0 Å². The topological polar surface area (TPSA) is 52.6 Å². The molecule has 1 fully saturated rings. The highest BCUT2D eigenvalue weighted by atomic mass is 79.9. The van der Waals surface area contributed by atoms with Crippen LogP contribution in [-0.2, 0) is 0 Å². The van der Waals surface area contributed by atoms with E-state index in [9.17, 15) is 0 Å². The van der Waals surface area contributed by atoms with E-state index >= 15 is 0 Å². The molecule has 4 heteroatoms. The van der Waals surface area contributed by atoms with Gasteiger partial charge in [-0.1, -0.05) is 55.0 Å². The predicted molar refractivity (Wildman–Crippen MR) is 74.4 cm³/mol. The average molecular weight is 298 g/mol. The number of pyridine rings is 1. The zero-order valence-electron chi connectivity index (χ0n) is 10.2. The molecule has 0 aromatic carbocycles. The van der Waals surface area contributed by atoms with Gasteiger partial charge < -0.3 is 0 Å². The van der Waals surface area contributed by atoms with Gasteiger partial charge in [0, 0.05) is 10.7 Å². The maximum Gasteiger partial charge on any atom is 0.131 e. The molecule has 1 aromatic rings. The van der Waals surface area contributed by atoms with E-state index in [0.29, 0.717) is 5.49 Å². The van der Waals surface area contributed by atoms with Gasteiger partial charge in [0.25, 0.3) is 0 Å². The summed E-state index contributed by atoms with van der Waals surface area (Å²) in [5, 5.41) is 14.2. The van der Waals surface area contributed by atoms with Crippen molar-refractivity contribution >= 4 is 22.3 Å². The van der Waals surface area contributed by atoms with Gasteiger partial charge >= 0.3 is 0 Å². The Labute approximate surface area is 111 Å². The lowest BCUT2D eigenvalue weighted by Crippen LogP contribution is -2.16. The first-order valence-corrected chi connectivity index (χ1v) is 6.85. The minimum absolute atomic E-state index is 0.296. The van der Waals surface area contributed by atoms with E-state index in [4.69, 9.17) is 10.8 Å². The molecule has 1 aliphatic carbocycles. The van der Waals surface area contributed by atoms with Crippen LogP contribution in [0.25, 0.3) is 0 Å². The van der Waals surface area contributed by atoms with Crippen LogP contribution in [0.4, 0.5) is 0 Å². The largest absolute Gasteiger partial charge is 0.293 e. The summed E-state index contributed by atoms with van der Waals surface area (Å²) in [5.41, 5.74) is 0.296. The summed E-state index contributed by atoms with van der Waals surface area (Å²) in [6.07, 6.45) is 10.2. The standard InChI is InChI=1S/C7H14.C6H6BrN3/c1-7-5-3-2-4-6-7;7-5-1-2-10(4-8)6(9)3-5/h7H,2-6H2,1H3;1-4,8-9H. The van der Waals surface area contributed by atoms with Crippen LogP contribution in [0.15, 0.2) is 22.8 Å². The van der Waals surface area contributed by atoms with Crippen molar-refractivity contribution in [2.75, 3.05) is 0 Å². The molecule has 2 N–H and O–H groups in total. The van der Waals surface area contributed by atoms with Crippen LogP contribution in [0.3, 0.4) is 0 Å². The average Bonchev–Trinajstić information content (AvgIpc) is 2.31. The van der Waals surface area contributed by atoms with Crippen molar-refractivity contribution in [1.82, 2.24) is 4.57 Å². The number of nitrogens with zero attached hydrogens (tertiary/aromatic N) is 1. The minimum Gasteiger partial charge on any atom is -0.293 e. The van der Waals surface area contributed by atoms with E-state index in [1.165, 1.54) is 36.7 Å². The summed E-state index contributed by atoms with van der Waals surface area (Å²) in [5.74, 6) is 1.04. The van der Waals surface area contributed by atoms with E-state index in [0.717, 1.165) is 16.7 Å². The number of hydrogen-bond acceptors (Lipinski definition) is 2. The van der Waals surface area contributed by atoms with E-state index in [1.54, 1.807) is 18.3 Å². The molecule has 0 radical (unpaired) electrons. The fourth-order valence-corrected chi connectivity index (χ4v) is 2.24. The summed E-state index contributed by atoms with van der Waals surface area (Å²) in [6, 6.07) is 3.41. The predicted octanol–water partition coefficient (Wildman–Crippen LogP) is 3.77. The SMILES string of the molecule is CC1CCCCC1.N=Cn1ccc(Br)cc1=N. The Bertz CT molecular complexity index is 405. The van der Waals surface area contributed by atoms with Crippen LogP contribution in [-0.4, -0.2) is 10.9 Å². The molecule has 94 valence electrons. The molecule has 1 aromatic heterocycles. The van der Waals surface area contributed by atoms with Crippen LogP contribution in [0.1, 0.15) is 39.0 Å². The summed E-state index contributed by atoms with van der Waals surface area (Å²) < 4.78 is 2.26. The van der Waals surface area contributed by atoms with Crippen LogP contribution in [0.5, 0.6) is 0 Å². The maximum absolute atomic E-state index is 7.29. The number of aromatic nitrogens is 1. The van der Waals surface area contributed by atoms with Crippen molar-refractivity contribution < 1.29 is 0 Å². The van der Waals surface area contributed by atoms with Crippen LogP contribution >= 0.6 is 15.9 Å². The first kappa shape index (κ1) is 14.2. The lowest BCUT2D eigenvalue weighted by Gasteiger charge is -2.15. The Kier molecular flexibility index (Phi) is 6.19. The van der Waals surface area contributed by atoms with Crippen molar-refractivity contribution in [3.8, 4) is 0 Å². The molecule has 17 heavy (non-hydrogen) atoms. The van der Waals surface area contributed by atoms with E-state index in [1.807, 2.05) is 0 Å². The third kappa shape index (κ3) is 5.31. The van der Waals surface area contributed by atoms with Gasteiger partial charge in [0.2, 0.25) is 0 Å². The molecule has 0 amide bonds. The van der Waals surface area contributed by atoms with Gasteiger partial charge in [-0.3, -0.25) is 15.4 Å². The molecular formula is C13H20BrN3. The molecule has 1 aliphatic rings. The Balaban J connectivity index is 0.000000181. The fraction of sp³-hybridized carbons (Fsp3) is 0.538. The smallest absolute Gasteiger partial charge is 0.131 e. The van der Waals surface area contributed by atoms with E-state index in [-0.39, 0.29) is 0 Å². The molecule has 0 unspecified atom stereocenters. The summed E-state index contributed by atoms with van der Waals surface area (Å²) >= 11 is 3.22. The second kappa shape index (κ2) is 7.43. The molecule has 0 spiro atoms. The Morgan fingerprint density at radius 3 is 2.41 bits per heavy atom. The van der Waals surface area contributed by atoms with Crippen LogP contribution < -0.4 is 5.49 Å². The van der Waals surface area contributed by atoms with Gasteiger partial charge in [-0.05, 0) is 18.1 Å². The number of nitrogens with one attached hydrogen (secondary N) is 2. The fourth-order valence-electron chi connectivity index (χ4n) is 1.90. The van der Waals surface area contributed by atoms with Crippen molar-refractivity contribution in [1.29, 1.82) is 10.8 Å². The quantitative estimate of drug-likeness (QED) is 0.586. The highest BCUT2D eigenvalue weighted by Crippen LogP contribution is 2.22. The second-order valence-corrected chi connectivity index (χ2v) is 5.43. The van der Waals surface area contributed by atoms with Gasteiger partial charge in [0.1, 0.15) is 5.49 Å². The third-order valence-electron chi connectivity index (χ3n) is 2.98. The van der Waals surface area contributed by atoms with Crippen molar-refractivity contribution in [3.63, 3.8) is 0 Å². The van der Waals surface area contributed by atoms with Crippen molar-refractivity contribution in [2.45, 2.75) is 39.0 Å². The summed E-state index contributed by atoms with van der Waals surface area (Å²) in [4.78, 5) is 0. The first-order chi connectivity index (χ1) is 8.13. The highest BCUT2D eigenvalue weighted by Gasteiger charge is 2.05. The van der Waals surface area contributed by atoms with Gasteiger partial charge in [-0.15, -0.1) is 0 Å². The van der Waals surface area contributed by atoms with Crippen molar-refractivity contribution in [2.24, 2.45) is 5.92 Å². The zero-order valence-corrected chi connectivity index (χ0v) is 11.8. The Hall–Kier alpha value is -0.900. The lowest BCUT2D eigenvalue weighted by atomic mass is 9.91. The number of rotatable bonds is 1. The molecule has 0 saturated heterocycles. The van der Waals surface area contributed by atoms with Gasteiger partial charge in [0.05, 0.1) is 6.34 Å². The summed E-state index contributed by atoms with van der Waals surface area (Å²) in [6.45, 7) is 2.36. The third-order valence-corrected chi connectivity index (χ3v) is 3.47. The highest BCUT2D eigenvalue weighted by molar-refractivity contribution is 9.10. The van der Waals surface area contributed by atoms with Crippen LogP contribution in [0.2, 0.25) is 0 Å². The summed E-state index contributed by atoms with van der Waals surface area (Å²) in [7, 11) is 0. The Morgan fingerprint density at radius 2 is 2.00 bits per heavy atom. The lowest BCUT2D eigenvalue weighted by molar-refractivity contribution is 0.385. The molecular weight excluding hydrogens is 278 g/mol. The molecule has 1 saturated carbocycles.